The maximum Gasteiger partial charge on any atom is 0.0765 e. The first-order valence-corrected chi connectivity index (χ1v) is 7.60. The molecular weight excluding hydrogens is 234 g/mol. The molecule has 2 atom stereocenters. The van der Waals surface area contributed by atoms with Gasteiger partial charge in [0.25, 0.3) is 0 Å². The van der Waals surface area contributed by atoms with Crippen molar-refractivity contribution < 1.29 is 4.74 Å². The third kappa shape index (κ3) is 3.18. The van der Waals surface area contributed by atoms with Gasteiger partial charge >= 0.3 is 0 Å². The van der Waals surface area contributed by atoms with Gasteiger partial charge in [0.2, 0.25) is 0 Å². The highest BCUT2D eigenvalue weighted by atomic mass is 16.5. The molecule has 1 aromatic rings. The largest absolute Gasteiger partial charge is 0.379 e. The van der Waals surface area contributed by atoms with Crippen LogP contribution in [0.25, 0.3) is 0 Å². The van der Waals surface area contributed by atoms with E-state index in [2.05, 4.69) is 36.5 Å². The van der Waals surface area contributed by atoms with Gasteiger partial charge in [0.1, 0.15) is 0 Å². The maximum absolute atomic E-state index is 5.72. The van der Waals surface area contributed by atoms with Gasteiger partial charge in [-0.15, -0.1) is 0 Å². The van der Waals surface area contributed by atoms with Gasteiger partial charge in [-0.25, -0.2) is 0 Å². The second-order valence-electron chi connectivity index (χ2n) is 5.59. The highest BCUT2D eigenvalue weighted by molar-refractivity contribution is 5.35. The van der Waals surface area contributed by atoms with E-state index in [0.717, 1.165) is 18.8 Å². The van der Waals surface area contributed by atoms with Crippen LogP contribution in [-0.2, 0) is 4.74 Å². The first kappa shape index (κ1) is 14.5. The van der Waals surface area contributed by atoms with Gasteiger partial charge in [-0.1, -0.05) is 44.0 Å². The Hall–Kier alpha value is -0.860. The Kier molecular flexibility index (Phi) is 5.41. The molecule has 0 heterocycles. The van der Waals surface area contributed by atoms with Crippen LogP contribution in [0.1, 0.15) is 62.1 Å². The van der Waals surface area contributed by atoms with Crippen LogP contribution >= 0.6 is 0 Å². The summed E-state index contributed by atoms with van der Waals surface area (Å²) in [6.45, 7) is 2.22. The number of methoxy groups -OCH3 is 1. The molecule has 2 nitrogen and oxygen atoms in total. The highest BCUT2D eigenvalue weighted by Crippen LogP contribution is 2.40. The van der Waals surface area contributed by atoms with Crippen LogP contribution in [0.15, 0.2) is 24.3 Å². The minimum atomic E-state index is 0.260. The maximum atomic E-state index is 5.72. The average Bonchev–Trinajstić information content (AvgIpc) is 2.38. The molecule has 0 amide bonds. The third-order valence-electron chi connectivity index (χ3n) is 4.43. The monoisotopic (exact) mass is 261 g/mol. The molecule has 1 aromatic carbocycles. The van der Waals surface area contributed by atoms with E-state index in [4.69, 9.17) is 4.74 Å². The fourth-order valence-electron chi connectivity index (χ4n) is 3.13. The van der Waals surface area contributed by atoms with Crippen molar-refractivity contribution in [1.82, 2.24) is 5.32 Å². The van der Waals surface area contributed by atoms with Crippen LogP contribution in [0.2, 0.25) is 0 Å². The Morgan fingerprint density at radius 1 is 1.32 bits per heavy atom. The Morgan fingerprint density at radius 3 is 2.58 bits per heavy atom. The van der Waals surface area contributed by atoms with Crippen LogP contribution in [0.3, 0.4) is 0 Å². The molecule has 0 bridgehead atoms. The zero-order valence-corrected chi connectivity index (χ0v) is 12.5. The highest BCUT2D eigenvalue weighted by Gasteiger charge is 2.28. The van der Waals surface area contributed by atoms with Crippen LogP contribution in [-0.4, -0.2) is 20.3 Å². The van der Waals surface area contributed by atoms with E-state index >= 15 is 0 Å². The molecule has 1 saturated carbocycles. The molecular formula is C17H27NO. The molecule has 0 radical (unpaired) electrons. The van der Waals surface area contributed by atoms with Gasteiger partial charge in [0.05, 0.1) is 12.1 Å². The van der Waals surface area contributed by atoms with Gasteiger partial charge in [0.15, 0.2) is 0 Å². The summed E-state index contributed by atoms with van der Waals surface area (Å²) < 4.78 is 5.72. The topological polar surface area (TPSA) is 21.3 Å². The van der Waals surface area contributed by atoms with E-state index in [-0.39, 0.29) is 6.10 Å². The Balaban J connectivity index is 2.26. The summed E-state index contributed by atoms with van der Waals surface area (Å²) in [6, 6.07) is 9.21. The van der Waals surface area contributed by atoms with E-state index < -0.39 is 0 Å². The average molecular weight is 261 g/mol. The van der Waals surface area contributed by atoms with Crippen LogP contribution < -0.4 is 5.32 Å². The summed E-state index contributed by atoms with van der Waals surface area (Å²) in [5.41, 5.74) is 2.97. The molecule has 0 aliphatic heterocycles. The first-order chi connectivity index (χ1) is 9.31. The summed E-state index contributed by atoms with van der Waals surface area (Å²) in [4.78, 5) is 0. The Morgan fingerprint density at radius 2 is 2.05 bits per heavy atom. The van der Waals surface area contributed by atoms with Gasteiger partial charge in [-0.05, 0) is 43.4 Å². The van der Waals surface area contributed by atoms with Crippen molar-refractivity contribution in [1.29, 1.82) is 0 Å². The standard InChI is InChI=1S/C17H27NO/c1-4-8-16(19-3)17(18-2)15-12-6-5-11-14(15)13-9-7-10-13/h5-6,11-13,16-18H,4,7-10H2,1-3H3. The summed E-state index contributed by atoms with van der Waals surface area (Å²) >= 11 is 0. The summed E-state index contributed by atoms with van der Waals surface area (Å²) in [5.74, 6) is 0.770. The molecule has 0 saturated heterocycles. The SMILES string of the molecule is CCCC(OC)C(NC)c1ccccc1C1CCC1. The van der Waals surface area contributed by atoms with E-state index in [1.54, 1.807) is 0 Å². The van der Waals surface area contributed by atoms with Gasteiger partial charge in [-0.2, -0.15) is 0 Å². The number of rotatable bonds is 7. The minimum absolute atomic E-state index is 0.260. The fourth-order valence-corrected chi connectivity index (χ4v) is 3.13. The quantitative estimate of drug-likeness (QED) is 0.800. The van der Waals surface area contributed by atoms with Crippen molar-refractivity contribution in [2.45, 2.75) is 57.1 Å². The zero-order valence-electron chi connectivity index (χ0n) is 12.5. The number of nitrogens with one attached hydrogen (secondary N) is 1. The van der Waals surface area contributed by atoms with Crippen LogP contribution in [0, 0.1) is 0 Å². The molecule has 106 valence electrons. The lowest BCUT2D eigenvalue weighted by Crippen LogP contribution is -2.32. The first-order valence-electron chi connectivity index (χ1n) is 7.60. The van der Waals surface area contributed by atoms with Gasteiger partial charge in [0, 0.05) is 7.11 Å². The van der Waals surface area contributed by atoms with Crippen molar-refractivity contribution in [2.24, 2.45) is 0 Å². The van der Waals surface area contributed by atoms with E-state index in [1.165, 1.54) is 30.4 Å². The lowest BCUT2D eigenvalue weighted by atomic mass is 9.76. The second-order valence-corrected chi connectivity index (χ2v) is 5.59. The molecule has 1 aliphatic rings. The van der Waals surface area contributed by atoms with E-state index in [0.29, 0.717) is 6.04 Å². The molecule has 0 aromatic heterocycles. The zero-order chi connectivity index (χ0) is 13.7. The van der Waals surface area contributed by atoms with Crippen LogP contribution in [0.5, 0.6) is 0 Å². The summed E-state index contributed by atoms with van der Waals surface area (Å²) in [5, 5.41) is 3.47. The van der Waals surface area contributed by atoms with Crippen molar-refractivity contribution in [3.8, 4) is 0 Å². The minimum Gasteiger partial charge on any atom is -0.379 e. The number of benzene rings is 1. The van der Waals surface area contributed by atoms with E-state index in [9.17, 15) is 0 Å². The molecule has 1 N–H and O–H groups in total. The predicted octanol–water partition coefficient (Wildman–Crippen LogP) is 4.03. The summed E-state index contributed by atoms with van der Waals surface area (Å²) in [7, 11) is 3.88. The second kappa shape index (κ2) is 7.06. The van der Waals surface area contributed by atoms with Crippen molar-refractivity contribution in [2.75, 3.05) is 14.2 Å². The lowest BCUT2D eigenvalue weighted by Gasteiger charge is -2.33. The van der Waals surface area contributed by atoms with Crippen molar-refractivity contribution >= 4 is 0 Å². The molecule has 1 aliphatic carbocycles. The molecule has 0 spiro atoms. The number of hydrogen-bond acceptors (Lipinski definition) is 2. The smallest absolute Gasteiger partial charge is 0.0765 e. The molecule has 2 rings (SSSR count). The van der Waals surface area contributed by atoms with Crippen molar-refractivity contribution in [3.05, 3.63) is 35.4 Å². The normalized spacial score (nSPS) is 18.9. The molecule has 1 fully saturated rings. The molecule has 2 heteroatoms. The molecule has 19 heavy (non-hydrogen) atoms. The van der Waals surface area contributed by atoms with Crippen LogP contribution in [0.4, 0.5) is 0 Å². The number of ether oxygens (including phenoxy) is 1. The number of likely N-dealkylation sites (N-methyl/N-ethyl adjacent to an activating group) is 1. The fraction of sp³-hybridized carbons (Fsp3) is 0.647. The van der Waals surface area contributed by atoms with E-state index in [1.807, 2.05) is 14.2 Å². The predicted molar refractivity (Wildman–Crippen MR) is 80.5 cm³/mol. The third-order valence-corrected chi connectivity index (χ3v) is 4.43. The van der Waals surface area contributed by atoms with Gasteiger partial charge < -0.3 is 10.1 Å². The number of hydrogen-bond donors (Lipinski definition) is 1. The Bertz CT molecular complexity index is 387. The Labute approximate surface area is 117 Å². The van der Waals surface area contributed by atoms with Crippen molar-refractivity contribution in [3.63, 3.8) is 0 Å². The molecule has 2 unspecified atom stereocenters. The van der Waals surface area contributed by atoms with Gasteiger partial charge in [-0.3, -0.25) is 0 Å². The lowest BCUT2D eigenvalue weighted by molar-refractivity contribution is 0.0625. The summed E-state index contributed by atoms with van der Waals surface area (Å²) in [6.07, 6.45) is 6.59.